The number of likely N-dealkylation sites (tertiary alicyclic amines) is 1. The number of nitrogens with one attached hydrogen (secondary N) is 2. The zero-order valence-corrected chi connectivity index (χ0v) is 20.3. The van der Waals surface area contributed by atoms with Crippen molar-refractivity contribution in [2.75, 3.05) is 23.7 Å². The van der Waals surface area contributed by atoms with Crippen molar-refractivity contribution >= 4 is 23.4 Å². The lowest BCUT2D eigenvalue weighted by atomic mass is 9.77. The van der Waals surface area contributed by atoms with E-state index in [0.717, 1.165) is 24.3 Å². The standard InChI is InChI=1S/C26H32N6O3/c1-26(2,3)21-16-18(11-15-32(21)25(33)34)17-30-23-24(29-14-13-28-23)35-20-9-7-19(8-10-20)31-22-6-4-5-12-27-22/h4-10,12-14,18,21H,11,15-17H2,1-3H3,(H,27,31)(H,28,30)(H,33,34). The van der Waals surface area contributed by atoms with Crippen molar-refractivity contribution < 1.29 is 14.6 Å². The van der Waals surface area contributed by atoms with Gasteiger partial charge >= 0.3 is 6.09 Å². The lowest BCUT2D eigenvalue weighted by Gasteiger charge is -2.44. The van der Waals surface area contributed by atoms with Gasteiger partial charge in [-0.2, -0.15) is 0 Å². The van der Waals surface area contributed by atoms with Crippen LogP contribution >= 0.6 is 0 Å². The van der Waals surface area contributed by atoms with Gasteiger partial charge in [0.1, 0.15) is 11.6 Å². The van der Waals surface area contributed by atoms with Gasteiger partial charge in [-0.3, -0.25) is 0 Å². The number of benzene rings is 1. The van der Waals surface area contributed by atoms with Crippen molar-refractivity contribution in [2.24, 2.45) is 11.3 Å². The van der Waals surface area contributed by atoms with Crippen LogP contribution in [-0.4, -0.2) is 50.2 Å². The molecule has 3 N–H and O–H groups in total. The maximum atomic E-state index is 11.7. The molecule has 9 nitrogen and oxygen atoms in total. The van der Waals surface area contributed by atoms with Crippen LogP contribution in [0.4, 0.5) is 22.1 Å². The molecule has 0 bridgehead atoms. The first-order chi connectivity index (χ1) is 16.8. The molecule has 0 saturated carbocycles. The highest BCUT2D eigenvalue weighted by Gasteiger charge is 2.38. The van der Waals surface area contributed by atoms with Gasteiger partial charge in [-0.15, -0.1) is 0 Å². The van der Waals surface area contributed by atoms with Crippen molar-refractivity contribution in [1.82, 2.24) is 19.9 Å². The molecule has 4 rings (SSSR count). The van der Waals surface area contributed by atoms with Gasteiger partial charge in [-0.1, -0.05) is 26.8 Å². The Balaban J connectivity index is 1.37. The molecule has 1 aromatic carbocycles. The Morgan fingerprint density at radius 3 is 2.54 bits per heavy atom. The quantitative estimate of drug-likeness (QED) is 0.402. The second kappa shape index (κ2) is 10.6. The predicted molar refractivity (Wildman–Crippen MR) is 135 cm³/mol. The Labute approximate surface area is 205 Å². The van der Waals surface area contributed by atoms with E-state index in [-0.39, 0.29) is 11.5 Å². The minimum Gasteiger partial charge on any atom is -0.465 e. The van der Waals surface area contributed by atoms with E-state index in [1.54, 1.807) is 23.5 Å². The summed E-state index contributed by atoms with van der Waals surface area (Å²) in [6.07, 6.45) is 5.71. The molecule has 1 amide bonds. The average Bonchev–Trinajstić information content (AvgIpc) is 2.84. The van der Waals surface area contributed by atoms with Gasteiger partial charge in [-0.25, -0.2) is 19.7 Å². The Morgan fingerprint density at radius 2 is 1.86 bits per heavy atom. The number of aromatic nitrogens is 3. The minimum absolute atomic E-state index is 0.0312. The van der Waals surface area contributed by atoms with Crippen molar-refractivity contribution in [2.45, 2.75) is 39.7 Å². The smallest absolute Gasteiger partial charge is 0.407 e. The summed E-state index contributed by atoms with van der Waals surface area (Å²) in [7, 11) is 0. The number of ether oxygens (including phenoxy) is 1. The first kappa shape index (κ1) is 24.3. The van der Waals surface area contributed by atoms with Gasteiger partial charge in [0.15, 0.2) is 5.82 Å². The molecule has 2 aromatic heterocycles. The van der Waals surface area contributed by atoms with E-state index >= 15 is 0 Å². The number of carbonyl (C=O) groups is 1. The fourth-order valence-corrected chi connectivity index (χ4v) is 4.34. The number of amides is 1. The van der Waals surface area contributed by atoms with Gasteiger partial charge in [0, 0.05) is 43.4 Å². The summed E-state index contributed by atoms with van der Waals surface area (Å²) < 4.78 is 6.01. The minimum atomic E-state index is -0.845. The molecule has 3 heterocycles. The van der Waals surface area contributed by atoms with Gasteiger partial charge in [0.25, 0.3) is 5.88 Å². The Hall–Kier alpha value is -3.88. The van der Waals surface area contributed by atoms with Crippen LogP contribution < -0.4 is 15.4 Å². The van der Waals surface area contributed by atoms with Gasteiger partial charge in [0.2, 0.25) is 0 Å². The Kier molecular flexibility index (Phi) is 7.33. The average molecular weight is 477 g/mol. The third kappa shape index (κ3) is 6.38. The van der Waals surface area contributed by atoms with Crippen LogP contribution in [0.25, 0.3) is 0 Å². The topological polar surface area (TPSA) is 113 Å². The van der Waals surface area contributed by atoms with Gasteiger partial charge < -0.3 is 25.4 Å². The van der Waals surface area contributed by atoms with Crippen LogP contribution in [-0.2, 0) is 0 Å². The lowest BCUT2D eigenvalue weighted by Crippen LogP contribution is -2.52. The number of rotatable bonds is 7. The summed E-state index contributed by atoms with van der Waals surface area (Å²) in [5.41, 5.74) is 0.768. The summed E-state index contributed by atoms with van der Waals surface area (Å²) in [6, 6.07) is 13.2. The zero-order chi connectivity index (χ0) is 24.8. The van der Waals surface area contributed by atoms with E-state index in [9.17, 15) is 9.90 Å². The van der Waals surface area contributed by atoms with Crippen molar-refractivity contribution in [3.8, 4) is 11.6 Å². The number of pyridine rings is 1. The third-order valence-electron chi connectivity index (χ3n) is 6.19. The molecule has 1 aliphatic heterocycles. The molecular formula is C26H32N6O3. The molecule has 35 heavy (non-hydrogen) atoms. The molecule has 0 radical (unpaired) electrons. The number of anilines is 3. The van der Waals surface area contributed by atoms with Crippen LogP contribution in [0.3, 0.4) is 0 Å². The van der Waals surface area contributed by atoms with E-state index in [1.165, 1.54) is 0 Å². The number of hydrogen-bond acceptors (Lipinski definition) is 7. The van der Waals surface area contributed by atoms with E-state index in [2.05, 4.69) is 46.4 Å². The highest BCUT2D eigenvalue weighted by atomic mass is 16.5. The van der Waals surface area contributed by atoms with E-state index in [1.807, 2.05) is 42.5 Å². The van der Waals surface area contributed by atoms with E-state index in [0.29, 0.717) is 36.5 Å². The first-order valence-corrected chi connectivity index (χ1v) is 11.8. The highest BCUT2D eigenvalue weighted by molar-refractivity contribution is 5.65. The molecule has 184 valence electrons. The van der Waals surface area contributed by atoms with Crippen LogP contribution in [0.15, 0.2) is 61.1 Å². The zero-order valence-electron chi connectivity index (χ0n) is 20.3. The van der Waals surface area contributed by atoms with Gasteiger partial charge in [0.05, 0.1) is 0 Å². The molecule has 2 atom stereocenters. The van der Waals surface area contributed by atoms with E-state index in [4.69, 9.17) is 4.74 Å². The SMILES string of the molecule is CC(C)(C)C1CC(CNc2nccnc2Oc2ccc(Nc3ccccn3)cc2)CCN1C(=O)O. The molecule has 1 aliphatic rings. The van der Waals surface area contributed by atoms with E-state index < -0.39 is 6.09 Å². The summed E-state index contributed by atoms with van der Waals surface area (Å²) >= 11 is 0. The second-order valence-corrected chi connectivity index (χ2v) is 9.81. The van der Waals surface area contributed by atoms with Crippen LogP contribution in [0, 0.1) is 11.3 Å². The monoisotopic (exact) mass is 476 g/mol. The third-order valence-corrected chi connectivity index (χ3v) is 6.19. The fourth-order valence-electron chi connectivity index (χ4n) is 4.34. The molecule has 3 aromatic rings. The van der Waals surface area contributed by atoms with Crippen LogP contribution in [0.1, 0.15) is 33.6 Å². The van der Waals surface area contributed by atoms with Crippen LogP contribution in [0.2, 0.25) is 0 Å². The number of nitrogens with zero attached hydrogens (tertiary/aromatic N) is 4. The summed E-state index contributed by atoms with van der Waals surface area (Å²) in [4.78, 5) is 26.3. The summed E-state index contributed by atoms with van der Waals surface area (Å²) in [6.45, 7) is 7.48. The fraction of sp³-hybridized carbons (Fsp3) is 0.385. The summed E-state index contributed by atoms with van der Waals surface area (Å²) in [5, 5.41) is 16.2. The highest BCUT2D eigenvalue weighted by Crippen LogP contribution is 2.35. The maximum absolute atomic E-state index is 11.7. The van der Waals surface area contributed by atoms with Crippen molar-refractivity contribution in [3.63, 3.8) is 0 Å². The molecular weight excluding hydrogens is 444 g/mol. The Bertz CT molecular complexity index is 1120. The molecule has 2 unspecified atom stereocenters. The van der Waals surface area contributed by atoms with Gasteiger partial charge in [-0.05, 0) is 60.6 Å². The largest absolute Gasteiger partial charge is 0.465 e. The second-order valence-electron chi connectivity index (χ2n) is 9.81. The number of carboxylic acid groups (broad SMARTS) is 1. The van der Waals surface area contributed by atoms with Crippen LogP contribution in [0.5, 0.6) is 11.6 Å². The van der Waals surface area contributed by atoms with Crippen molar-refractivity contribution in [3.05, 3.63) is 61.1 Å². The number of piperidine rings is 1. The molecule has 0 spiro atoms. The number of hydrogen-bond donors (Lipinski definition) is 3. The molecule has 1 saturated heterocycles. The van der Waals surface area contributed by atoms with Crippen molar-refractivity contribution in [1.29, 1.82) is 0 Å². The predicted octanol–water partition coefficient (Wildman–Crippen LogP) is 5.62. The molecule has 0 aliphatic carbocycles. The molecule has 1 fully saturated rings. The maximum Gasteiger partial charge on any atom is 0.407 e. The first-order valence-electron chi connectivity index (χ1n) is 11.8. The lowest BCUT2D eigenvalue weighted by molar-refractivity contribution is 0.0428. The summed E-state index contributed by atoms with van der Waals surface area (Å²) in [5.74, 6) is 2.69. The Morgan fingerprint density at radius 1 is 1.09 bits per heavy atom. The normalized spacial score (nSPS) is 18.1. The molecule has 9 heteroatoms.